The van der Waals surface area contributed by atoms with E-state index >= 15 is 0 Å². The van der Waals surface area contributed by atoms with E-state index in [1.165, 1.54) is 0 Å². The summed E-state index contributed by atoms with van der Waals surface area (Å²) in [5.41, 5.74) is 1.14. The van der Waals surface area contributed by atoms with Gasteiger partial charge in [0.2, 0.25) is 0 Å². The van der Waals surface area contributed by atoms with Gasteiger partial charge < -0.3 is 30.1 Å². The molecule has 0 spiro atoms. The highest BCUT2D eigenvalue weighted by Gasteiger charge is 2.17. The number of aliphatic hydroxyl groups excluding tert-OH is 1. The number of guanidine groups is 1. The lowest BCUT2D eigenvalue weighted by molar-refractivity contribution is 0.245. The molecule has 0 aliphatic rings. The van der Waals surface area contributed by atoms with Crippen LogP contribution in [0.25, 0.3) is 0 Å². The second kappa shape index (κ2) is 16.4. The van der Waals surface area contributed by atoms with E-state index in [2.05, 4.69) is 56.5 Å². The molecule has 1 rings (SSSR count). The average molecular weight is 551 g/mol. The molecule has 0 fully saturated rings. The maximum Gasteiger partial charge on any atom is 0.191 e. The van der Waals surface area contributed by atoms with E-state index in [1.807, 2.05) is 12.1 Å². The summed E-state index contributed by atoms with van der Waals surface area (Å²) in [5, 5.41) is 16.2. The molecule has 3 N–H and O–H groups in total. The molecule has 180 valence electrons. The predicted molar refractivity (Wildman–Crippen MR) is 140 cm³/mol. The van der Waals surface area contributed by atoms with Crippen LogP contribution in [0, 0.1) is 11.8 Å². The van der Waals surface area contributed by atoms with E-state index in [0.717, 1.165) is 42.4 Å². The predicted octanol–water partition coefficient (Wildman–Crippen LogP) is 3.52. The Labute approximate surface area is 206 Å². The van der Waals surface area contributed by atoms with Crippen LogP contribution in [0.5, 0.6) is 11.5 Å². The third kappa shape index (κ3) is 10.7. The number of hydrogen-bond donors (Lipinski definition) is 3. The van der Waals surface area contributed by atoms with Gasteiger partial charge in [-0.3, -0.25) is 4.99 Å². The van der Waals surface area contributed by atoms with Crippen LogP contribution in [0.2, 0.25) is 0 Å². The molecule has 31 heavy (non-hydrogen) atoms. The fraction of sp³-hybridized carbons (Fsp3) is 0.696. The van der Waals surface area contributed by atoms with Crippen LogP contribution in [0.3, 0.4) is 0 Å². The van der Waals surface area contributed by atoms with Crippen LogP contribution in [0.4, 0.5) is 0 Å². The van der Waals surface area contributed by atoms with Crippen LogP contribution in [-0.2, 0) is 0 Å². The molecule has 0 aliphatic heterocycles. The van der Waals surface area contributed by atoms with Crippen molar-refractivity contribution in [2.45, 2.75) is 39.7 Å². The molecule has 0 saturated carbocycles. The molecule has 0 aliphatic carbocycles. The van der Waals surface area contributed by atoms with Gasteiger partial charge in [0, 0.05) is 26.2 Å². The van der Waals surface area contributed by atoms with E-state index < -0.39 is 0 Å². The lowest BCUT2D eigenvalue weighted by Crippen LogP contribution is -2.42. The van der Waals surface area contributed by atoms with E-state index in [1.54, 1.807) is 14.2 Å². The lowest BCUT2D eigenvalue weighted by Gasteiger charge is -2.27. The Kier molecular flexibility index (Phi) is 15.7. The van der Waals surface area contributed by atoms with Gasteiger partial charge in [-0.2, -0.15) is 0 Å². The second-order valence-corrected chi connectivity index (χ2v) is 8.20. The number of nitrogens with one attached hydrogen (secondary N) is 2. The quantitative estimate of drug-likeness (QED) is 0.198. The summed E-state index contributed by atoms with van der Waals surface area (Å²) in [7, 11) is 7.42. The fourth-order valence-electron chi connectivity index (χ4n) is 3.55. The largest absolute Gasteiger partial charge is 0.493 e. The van der Waals surface area contributed by atoms with Crippen molar-refractivity contribution in [3.8, 4) is 11.5 Å². The molecular formula is C23H43IN4O3. The summed E-state index contributed by atoms with van der Waals surface area (Å²) in [4.78, 5) is 6.96. The maximum absolute atomic E-state index is 9.36. The minimum atomic E-state index is 0. The Morgan fingerprint density at radius 3 is 2.32 bits per heavy atom. The standard InChI is InChI=1S/C23H42N4O3.HI/c1-8-24-23(25-15-18(11-12-28)13-17(2)3)26-16-20(27(4)5)19-9-10-21(29-6)22(14-19)30-7;/h9-10,14,17-18,20,28H,8,11-13,15-16H2,1-7H3,(H2,24,25,26);1H. The Morgan fingerprint density at radius 1 is 1.13 bits per heavy atom. The summed E-state index contributed by atoms with van der Waals surface area (Å²) in [6, 6.07) is 6.17. The first-order valence-electron chi connectivity index (χ1n) is 10.9. The van der Waals surface area contributed by atoms with Gasteiger partial charge in [0.25, 0.3) is 0 Å². The van der Waals surface area contributed by atoms with Crippen molar-refractivity contribution >= 4 is 29.9 Å². The molecule has 1 aromatic rings. The number of methoxy groups -OCH3 is 2. The molecule has 0 aromatic heterocycles. The molecule has 2 unspecified atom stereocenters. The van der Waals surface area contributed by atoms with Crippen molar-refractivity contribution in [1.82, 2.24) is 15.5 Å². The molecule has 0 saturated heterocycles. The summed E-state index contributed by atoms with van der Waals surface area (Å²) >= 11 is 0. The summed E-state index contributed by atoms with van der Waals surface area (Å²) in [5.74, 6) is 3.23. The molecule has 0 amide bonds. The summed E-state index contributed by atoms with van der Waals surface area (Å²) < 4.78 is 10.8. The Morgan fingerprint density at radius 2 is 1.81 bits per heavy atom. The van der Waals surface area contributed by atoms with E-state index in [0.29, 0.717) is 24.9 Å². The van der Waals surface area contributed by atoms with E-state index in [-0.39, 0.29) is 36.6 Å². The van der Waals surface area contributed by atoms with Gasteiger partial charge in [-0.15, -0.1) is 24.0 Å². The molecule has 0 radical (unpaired) electrons. The molecule has 8 heteroatoms. The van der Waals surface area contributed by atoms with Gasteiger partial charge in [-0.05, 0) is 63.4 Å². The second-order valence-electron chi connectivity index (χ2n) is 8.20. The number of likely N-dealkylation sites (N-methyl/N-ethyl adjacent to an activating group) is 1. The third-order valence-electron chi connectivity index (χ3n) is 5.07. The van der Waals surface area contributed by atoms with Gasteiger partial charge >= 0.3 is 0 Å². The van der Waals surface area contributed by atoms with Crippen LogP contribution in [0.15, 0.2) is 23.2 Å². The first-order valence-corrected chi connectivity index (χ1v) is 10.9. The zero-order valence-electron chi connectivity index (χ0n) is 20.3. The normalized spacial score (nSPS) is 13.5. The van der Waals surface area contributed by atoms with Gasteiger partial charge in [-0.25, -0.2) is 0 Å². The zero-order chi connectivity index (χ0) is 22.5. The van der Waals surface area contributed by atoms with E-state index in [4.69, 9.17) is 14.5 Å². The first kappa shape index (κ1) is 29.7. The van der Waals surface area contributed by atoms with Crippen LogP contribution in [-0.4, -0.2) is 70.5 Å². The molecule has 2 atom stereocenters. The topological polar surface area (TPSA) is 78.4 Å². The molecule has 0 heterocycles. The Balaban J connectivity index is 0.00000900. The van der Waals surface area contributed by atoms with Gasteiger partial charge in [0.05, 0.1) is 20.3 Å². The number of ether oxygens (including phenoxy) is 2. The smallest absolute Gasteiger partial charge is 0.191 e. The van der Waals surface area contributed by atoms with Crippen LogP contribution < -0.4 is 20.1 Å². The molecule has 1 aromatic carbocycles. The van der Waals surface area contributed by atoms with Crippen molar-refractivity contribution in [3.05, 3.63) is 23.8 Å². The number of rotatable bonds is 13. The Hall–Kier alpha value is -1.26. The third-order valence-corrected chi connectivity index (χ3v) is 5.07. The van der Waals surface area contributed by atoms with Crippen molar-refractivity contribution < 1.29 is 14.6 Å². The lowest BCUT2D eigenvalue weighted by atomic mass is 9.94. The minimum Gasteiger partial charge on any atom is -0.493 e. The molecule has 0 bridgehead atoms. The van der Waals surface area contributed by atoms with Crippen molar-refractivity contribution in [1.29, 1.82) is 0 Å². The number of benzene rings is 1. The minimum absolute atomic E-state index is 0. The highest BCUT2D eigenvalue weighted by atomic mass is 127. The van der Waals surface area contributed by atoms with Gasteiger partial charge in [0.1, 0.15) is 0 Å². The number of halogens is 1. The summed E-state index contributed by atoms with van der Waals surface area (Å²) in [6.07, 6.45) is 1.85. The fourth-order valence-corrected chi connectivity index (χ4v) is 3.55. The van der Waals surface area contributed by atoms with Crippen molar-refractivity contribution in [2.75, 3.05) is 54.6 Å². The Bertz CT molecular complexity index is 641. The number of aliphatic hydroxyl groups is 1. The monoisotopic (exact) mass is 550 g/mol. The van der Waals surface area contributed by atoms with Crippen molar-refractivity contribution in [3.63, 3.8) is 0 Å². The SMILES string of the molecule is CCNC(=NCC(CCO)CC(C)C)NCC(c1ccc(OC)c(OC)c1)N(C)C.I. The molecule has 7 nitrogen and oxygen atoms in total. The number of aliphatic imine (C=N–C) groups is 1. The summed E-state index contributed by atoms with van der Waals surface area (Å²) in [6.45, 7) is 8.89. The van der Waals surface area contributed by atoms with Crippen LogP contribution >= 0.6 is 24.0 Å². The number of hydrogen-bond acceptors (Lipinski definition) is 5. The average Bonchev–Trinajstić information content (AvgIpc) is 2.71. The zero-order valence-corrected chi connectivity index (χ0v) is 22.6. The first-order chi connectivity index (χ1) is 14.4. The maximum atomic E-state index is 9.36. The van der Waals surface area contributed by atoms with Crippen LogP contribution in [0.1, 0.15) is 45.2 Å². The highest BCUT2D eigenvalue weighted by Crippen LogP contribution is 2.31. The number of nitrogens with zero attached hydrogens (tertiary/aromatic N) is 2. The van der Waals surface area contributed by atoms with Gasteiger partial charge in [-0.1, -0.05) is 19.9 Å². The van der Waals surface area contributed by atoms with Gasteiger partial charge in [0.15, 0.2) is 17.5 Å². The molecular weight excluding hydrogens is 507 g/mol. The highest BCUT2D eigenvalue weighted by molar-refractivity contribution is 14.0. The van der Waals surface area contributed by atoms with Crippen molar-refractivity contribution in [2.24, 2.45) is 16.8 Å². The van der Waals surface area contributed by atoms with E-state index in [9.17, 15) is 5.11 Å².